The Morgan fingerprint density at radius 2 is 2.07 bits per heavy atom. The number of guanidine groups is 1. The molecule has 0 amide bonds. The molecule has 3 N–H and O–H groups in total. The van der Waals surface area contributed by atoms with E-state index in [1.165, 1.54) is 11.1 Å². The molecule has 3 rings (SSSR count). The Hall–Kier alpha value is -1.21. The van der Waals surface area contributed by atoms with Crippen molar-refractivity contribution in [3.63, 3.8) is 0 Å². The molecule has 6 nitrogen and oxygen atoms in total. The number of nitrogens with zero attached hydrogens (tertiary/aromatic N) is 2. The molecule has 150 valence electrons. The van der Waals surface area contributed by atoms with Gasteiger partial charge in [0.15, 0.2) is 6.29 Å². The monoisotopic (exact) mass is 414 g/mol. The lowest BCUT2D eigenvalue weighted by molar-refractivity contribution is -0.137. The molecule has 1 unspecified atom stereocenters. The minimum Gasteiger partial charge on any atom is -0.369 e. The zero-order valence-corrected chi connectivity index (χ0v) is 17.4. The Labute approximate surface area is 171 Å². The Balaban J connectivity index is 1.66. The van der Waals surface area contributed by atoms with Gasteiger partial charge in [-0.1, -0.05) is 23.2 Å². The van der Waals surface area contributed by atoms with Crippen molar-refractivity contribution >= 4 is 34.8 Å². The van der Waals surface area contributed by atoms with Crippen LogP contribution in [0.1, 0.15) is 50.2 Å². The fraction of sp³-hybridized carbons (Fsp3) is 0.632. The molecule has 1 atom stereocenters. The highest BCUT2D eigenvalue weighted by molar-refractivity contribution is 6.37. The molecule has 1 aliphatic heterocycles. The number of aliphatic imine (C=N–C) groups is 1. The third-order valence-electron chi connectivity index (χ3n) is 5.01. The minimum absolute atomic E-state index is 0.248. The van der Waals surface area contributed by atoms with Gasteiger partial charge in [0, 0.05) is 43.7 Å². The Morgan fingerprint density at radius 3 is 2.78 bits per heavy atom. The molecule has 0 bridgehead atoms. The number of nitrogens with two attached hydrogens (primary N) is 1. The molecule has 0 saturated heterocycles. The van der Waals surface area contributed by atoms with Crippen LogP contribution in [0.4, 0.5) is 5.69 Å². The maximum Gasteiger partial charge on any atom is 0.207 e. The van der Waals surface area contributed by atoms with Gasteiger partial charge >= 0.3 is 0 Å². The molecule has 1 aliphatic carbocycles. The van der Waals surface area contributed by atoms with Gasteiger partial charge in [0.25, 0.3) is 0 Å². The topological polar surface area (TPSA) is 72.1 Å². The predicted molar refractivity (Wildman–Crippen MR) is 111 cm³/mol. The Kier molecular flexibility index (Phi) is 7.09. The normalized spacial score (nSPS) is 18.9. The lowest BCUT2D eigenvalue weighted by Gasteiger charge is -2.23. The van der Waals surface area contributed by atoms with Gasteiger partial charge < -0.3 is 15.2 Å². The van der Waals surface area contributed by atoms with Crippen molar-refractivity contribution in [2.24, 2.45) is 10.7 Å². The van der Waals surface area contributed by atoms with Crippen molar-refractivity contribution < 1.29 is 9.47 Å². The quantitative estimate of drug-likeness (QED) is 0.384. The standard InChI is InChI=1S/C19H28Cl2N4O2/c1-3-26-16(27-4-2)8-9-23-19(22)24-25-11-12-6-5-7-13-14(20)10-15(21)18(25)17(12)13/h10,12,16H,3-9,11H2,1-2H3,(H3,22,23,24). The van der Waals surface area contributed by atoms with Crippen molar-refractivity contribution in [2.45, 2.75) is 51.7 Å². The molecule has 8 heteroatoms. The van der Waals surface area contributed by atoms with Crippen molar-refractivity contribution in [1.29, 1.82) is 0 Å². The number of hydrogen-bond acceptors (Lipinski definition) is 4. The van der Waals surface area contributed by atoms with Gasteiger partial charge in [-0.15, -0.1) is 0 Å². The maximum absolute atomic E-state index is 6.51. The largest absolute Gasteiger partial charge is 0.369 e. The summed E-state index contributed by atoms with van der Waals surface area (Å²) >= 11 is 12.9. The maximum atomic E-state index is 6.51. The van der Waals surface area contributed by atoms with E-state index in [2.05, 4.69) is 10.4 Å². The summed E-state index contributed by atoms with van der Waals surface area (Å²) in [6.45, 7) is 6.45. The van der Waals surface area contributed by atoms with Crippen LogP contribution in [-0.2, 0) is 15.9 Å². The molecule has 1 aromatic rings. The third kappa shape index (κ3) is 4.62. The van der Waals surface area contributed by atoms with E-state index in [-0.39, 0.29) is 6.29 Å². The lowest BCUT2D eigenvalue weighted by Crippen LogP contribution is -2.46. The van der Waals surface area contributed by atoms with Crippen LogP contribution in [0.25, 0.3) is 0 Å². The van der Waals surface area contributed by atoms with Crippen molar-refractivity contribution in [2.75, 3.05) is 31.3 Å². The molecule has 1 heterocycles. The summed E-state index contributed by atoms with van der Waals surface area (Å²) < 4.78 is 11.1. The van der Waals surface area contributed by atoms with Gasteiger partial charge in [0.05, 0.1) is 10.7 Å². The first-order chi connectivity index (χ1) is 13.0. The number of rotatable bonds is 8. The molecule has 2 aliphatic rings. The van der Waals surface area contributed by atoms with Gasteiger partial charge in [-0.25, -0.2) is 0 Å². The molecule has 0 fully saturated rings. The van der Waals surface area contributed by atoms with Crippen LogP contribution < -0.4 is 16.2 Å². The average Bonchev–Trinajstić information content (AvgIpc) is 2.99. The fourth-order valence-corrected chi connectivity index (χ4v) is 4.63. The smallest absolute Gasteiger partial charge is 0.207 e. The van der Waals surface area contributed by atoms with Crippen LogP contribution in [0, 0.1) is 0 Å². The Bertz CT molecular complexity index is 693. The third-order valence-corrected chi connectivity index (χ3v) is 5.64. The van der Waals surface area contributed by atoms with Crippen LogP contribution in [0.5, 0.6) is 0 Å². The van der Waals surface area contributed by atoms with E-state index < -0.39 is 0 Å². The number of benzene rings is 1. The van der Waals surface area contributed by atoms with E-state index in [4.69, 9.17) is 38.4 Å². The molecular weight excluding hydrogens is 387 g/mol. The Morgan fingerprint density at radius 1 is 1.33 bits per heavy atom. The van der Waals surface area contributed by atoms with Crippen LogP contribution in [-0.4, -0.2) is 38.6 Å². The first kappa shape index (κ1) is 20.5. The summed E-state index contributed by atoms with van der Waals surface area (Å²) in [4.78, 5) is 4.41. The average molecular weight is 415 g/mol. The van der Waals surface area contributed by atoms with Crippen LogP contribution in [0.3, 0.4) is 0 Å². The van der Waals surface area contributed by atoms with Gasteiger partial charge in [-0.3, -0.25) is 15.4 Å². The molecule has 1 aromatic carbocycles. The van der Waals surface area contributed by atoms with Gasteiger partial charge in [-0.2, -0.15) is 0 Å². The summed E-state index contributed by atoms with van der Waals surface area (Å²) in [6, 6.07) is 1.84. The highest BCUT2D eigenvalue weighted by Crippen LogP contribution is 2.49. The van der Waals surface area contributed by atoms with E-state index in [1.54, 1.807) is 0 Å². The van der Waals surface area contributed by atoms with E-state index in [1.807, 2.05) is 24.9 Å². The second-order valence-electron chi connectivity index (χ2n) is 6.79. The van der Waals surface area contributed by atoms with Gasteiger partial charge in [0.1, 0.15) is 0 Å². The molecule has 0 saturated carbocycles. The van der Waals surface area contributed by atoms with Crippen molar-refractivity contribution in [3.05, 3.63) is 27.2 Å². The number of halogens is 2. The SMILES string of the molecule is CCOC(CCN=C(N)NN1CC2CCCc3c(Cl)cc(Cl)c1c32)OCC. The first-order valence-electron chi connectivity index (χ1n) is 9.63. The number of anilines is 1. The van der Waals surface area contributed by atoms with E-state index in [9.17, 15) is 0 Å². The number of ether oxygens (including phenoxy) is 2. The fourth-order valence-electron chi connectivity index (χ4n) is 3.95. The van der Waals surface area contributed by atoms with Crippen LogP contribution in [0.2, 0.25) is 10.0 Å². The predicted octanol–water partition coefficient (Wildman–Crippen LogP) is 3.84. The summed E-state index contributed by atoms with van der Waals surface area (Å²) in [7, 11) is 0. The van der Waals surface area contributed by atoms with E-state index >= 15 is 0 Å². The molecule has 0 radical (unpaired) electrons. The molecule has 0 spiro atoms. The van der Waals surface area contributed by atoms with Gasteiger partial charge in [-0.05, 0) is 50.3 Å². The van der Waals surface area contributed by atoms with Crippen LogP contribution in [0.15, 0.2) is 11.1 Å². The second-order valence-corrected chi connectivity index (χ2v) is 7.60. The van der Waals surface area contributed by atoms with E-state index in [0.29, 0.717) is 43.1 Å². The number of nitrogens with one attached hydrogen (secondary N) is 1. The lowest BCUT2D eigenvalue weighted by atomic mass is 9.84. The highest BCUT2D eigenvalue weighted by atomic mass is 35.5. The molecule has 0 aromatic heterocycles. The first-order valence-corrected chi connectivity index (χ1v) is 10.4. The number of hydrogen-bond donors (Lipinski definition) is 2. The van der Waals surface area contributed by atoms with Crippen LogP contribution >= 0.6 is 23.2 Å². The summed E-state index contributed by atoms with van der Waals surface area (Å²) in [5, 5.41) is 3.43. The summed E-state index contributed by atoms with van der Waals surface area (Å²) in [5.41, 5.74) is 12.8. The van der Waals surface area contributed by atoms with E-state index in [0.717, 1.165) is 36.5 Å². The highest BCUT2D eigenvalue weighted by Gasteiger charge is 2.36. The summed E-state index contributed by atoms with van der Waals surface area (Å²) in [6.07, 6.45) is 3.69. The number of hydrazine groups is 1. The molecule has 27 heavy (non-hydrogen) atoms. The van der Waals surface area contributed by atoms with Gasteiger partial charge in [0.2, 0.25) is 5.96 Å². The van der Waals surface area contributed by atoms with Crippen molar-refractivity contribution in [3.8, 4) is 0 Å². The zero-order chi connectivity index (χ0) is 19.4. The van der Waals surface area contributed by atoms with Crippen molar-refractivity contribution in [1.82, 2.24) is 5.43 Å². The minimum atomic E-state index is -0.248. The second kappa shape index (κ2) is 9.32. The zero-order valence-electron chi connectivity index (χ0n) is 15.9. The molecular formula is C19H28Cl2N4O2. The summed E-state index contributed by atoms with van der Waals surface area (Å²) in [5.74, 6) is 0.792.